The summed E-state index contributed by atoms with van der Waals surface area (Å²) in [5.74, 6) is -0.469. The average molecular weight is 343 g/mol. The zero-order chi connectivity index (χ0) is 17.7. The number of rotatable bonds is 1. The molecule has 6 nitrogen and oxygen atoms in total. The van der Waals surface area contributed by atoms with Crippen LogP contribution in [-0.2, 0) is 0 Å². The van der Waals surface area contributed by atoms with Crippen molar-refractivity contribution in [2.45, 2.75) is 0 Å². The Morgan fingerprint density at radius 2 is 1.46 bits per heavy atom. The molecule has 6 heteroatoms. The number of phenols is 2. The van der Waals surface area contributed by atoms with E-state index < -0.39 is 0 Å². The molecule has 0 fully saturated rings. The summed E-state index contributed by atoms with van der Waals surface area (Å²) in [6, 6.07) is 12.4. The van der Waals surface area contributed by atoms with Gasteiger partial charge in [0, 0.05) is 22.2 Å². The van der Waals surface area contributed by atoms with Gasteiger partial charge in [0.1, 0.15) is 0 Å². The van der Waals surface area contributed by atoms with Crippen LogP contribution in [0.5, 0.6) is 11.5 Å². The number of fused-ring (bicyclic) bond motifs is 4. The van der Waals surface area contributed by atoms with Crippen molar-refractivity contribution in [3.05, 3.63) is 52.6 Å². The van der Waals surface area contributed by atoms with Crippen LogP contribution in [0.3, 0.4) is 0 Å². The van der Waals surface area contributed by atoms with Gasteiger partial charge in [0.25, 0.3) is 5.69 Å². The van der Waals surface area contributed by atoms with E-state index in [2.05, 4.69) is 0 Å². The van der Waals surface area contributed by atoms with Crippen molar-refractivity contribution in [1.29, 1.82) is 0 Å². The van der Waals surface area contributed by atoms with Crippen molar-refractivity contribution >= 4 is 59.9 Å². The summed E-state index contributed by atoms with van der Waals surface area (Å²) in [6.45, 7) is 0. The first-order chi connectivity index (χ1) is 12.6. The molecule has 0 amide bonds. The van der Waals surface area contributed by atoms with Crippen LogP contribution in [0, 0.1) is 10.1 Å². The van der Waals surface area contributed by atoms with Crippen LogP contribution in [0.4, 0.5) is 5.69 Å². The lowest BCUT2D eigenvalue weighted by molar-refractivity contribution is -0.383. The number of hydrogen-bond donors (Lipinski definition) is 2. The molecule has 6 aromatic rings. The van der Waals surface area contributed by atoms with Crippen LogP contribution in [0.15, 0.2) is 46.9 Å². The van der Waals surface area contributed by atoms with Crippen molar-refractivity contribution < 1.29 is 19.6 Å². The first-order valence-electron chi connectivity index (χ1n) is 8.00. The highest BCUT2D eigenvalue weighted by Gasteiger charge is 2.26. The van der Waals surface area contributed by atoms with Crippen molar-refractivity contribution in [1.82, 2.24) is 0 Å². The second-order valence-corrected chi connectivity index (χ2v) is 6.52. The fourth-order valence-electron chi connectivity index (χ4n) is 4.08. The molecule has 0 radical (unpaired) electrons. The smallest absolute Gasteiger partial charge is 0.277 e. The first-order valence-corrected chi connectivity index (χ1v) is 8.00. The lowest BCUT2D eigenvalue weighted by Crippen LogP contribution is -1.92. The van der Waals surface area contributed by atoms with E-state index in [-0.39, 0.29) is 27.7 Å². The van der Waals surface area contributed by atoms with Crippen molar-refractivity contribution in [2.75, 3.05) is 0 Å². The van der Waals surface area contributed by atoms with Gasteiger partial charge in [-0.15, -0.1) is 0 Å². The van der Waals surface area contributed by atoms with E-state index in [1.54, 1.807) is 24.3 Å². The van der Waals surface area contributed by atoms with Crippen LogP contribution < -0.4 is 0 Å². The normalized spacial score (nSPS) is 12.5. The van der Waals surface area contributed by atoms with E-state index in [1.165, 1.54) is 6.07 Å². The second kappa shape index (κ2) is 4.05. The summed E-state index contributed by atoms with van der Waals surface area (Å²) in [7, 11) is 0. The maximum absolute atomic E-state index is 11.4. The fourth-order valence-corrected chi connectivity index (χ4v) is 4.08. The molecule has 0 aliphatic carbocycles. The Hall–Kier alpha value is -3.80. The Bertz CT molecular complexity index is 1530. The highest BCUT2D eigenvalue weighted by atomic mass is 16.6. The second-order valence-electron chi connectivity index (χ2n) is 6.52. The number of aromatic hydroxyl groups is 2. The molecule has 0 spiro atoms. The molecule has 6 rings (SSSR count). The minimum absolute atomic E-state index is 0.0626. The van der Waals surface area contributed by atoms with Crippen LogP contribution in [0.25, 0.3) is 54.3 Å². The van der Waals surface area contributed by atoms with Gasteiger partial charge in [0.05, 0.1) is 10.3 Å². The zero-order valence-electron chi connectivity index (χ0n) is 13.1. The van der Waals surface area contributed by atoms with Gasteiger partial charge in [-0.3, -0.25) is 10.1 Å². The summed E-state index contributed by atoms with van der Waals surface area (Å²) < 4.78 is 5.40. The Balaban J connectivity index is 1.96. The molecule has 0 bridgehead atoms. The highest BCUT2D eigenvalue weighted by Crippen LogP contribution is 2.51. The van der Waals surface area contributed by atoms with Gasteiger partial charge in [-0.05, 0) is 39.7 Å². The Labute approximate surface area is 144 Å². The molecule has 2 N–H and O–H groups in total. The van der Waals surface area contributed by atoms with E-state index in [1.807, 2.05) is 12.1 Å². The quantitative estimate of drug-likeness (QED) is 0.140. The van der Waals surface area contributed by atoms with Crippen LogP contribution >= 0.6 is 0 Å². The third-order valence-corrected chi connectivity index (χ3v) is 5.25. The molecular weight excluding hydrogens is 334 g/mol. The molecule has 0 unspecified atom stereocenters. The molecule has 5 aromatic carbocycles. The molecule has 0 aliphatic rings. The first kappa shape index (κ1) is 13.5. The summed E-state index contributed by atoms with van der Waals surface area (Å²) >= 11 is 0. The number of nitro groups is 1. The van der Waals surface area contributed by atoms with Gasteiger partial charge in [0.2, 0.25) is 11.3 Å². The minimum Gasteiger partial charge on any atom is -0.504 e. The van der Waals surface area contributed by atoms with E-state index in [4.69, 9.17) is 4.42 Å². The SMILES string of the molecule is O=[N+]([O-])c1ccc2ccc3c4c(cc5ccc1c2c53)c(O)c(O)c1oc14. The third kappa shape index (κ3) is 1.39. The van der Waals surface area contributed by atoms with Crippen LogP contribution in [0.1, 0.15) is 0 Å². The molecule has 0 saturated heterocycles. The van der Waals surface area contributed by atoms with E-state index in [9.17, 15) is 20.3 Å². The number of nitro benzene ring substituents is 1. The summed E-state index contributed by atoms with van der Waals surface area (Å²) in [6.07, 6.45) is 0. The monoisotopic (exact) mass is 343 g/mol. The van der Waals surface area contributed by atoms with E-state index in [0.29, 0.717) is 21.7 Å². The van der Waals surface area contributed by atoms with Crippen molar-refractivity contribution in [3.8, 4) is 11.5 Å². The Morgan fingerprint density at radius 3 is 2.27 bits per heavy atom. The molecular formula is C20H9NO5. The van der Waals surface area contributed by atoms with Crippen LogP contribution in [0.2, 0.25) is 0 Å². The number of phenolic OH excluding ortho intramolecular Hbond substituents is 2. The summed E-state index contributed by atoms with van der Waals surface area (Å²) in [5.41, 5.74) is 0.895. The van der Waals surface area contributed by atoms with Gasteiger partial charge < -0.3 is 14.6 Å². The lowest BCUT2D eigenvalue weighted by Gasteiger charge is -2.13. The predicted molar refractivity (Wildman–Crippen MR) is 98.6 cm³/mol. The van der Waals surface area contributed by atoms with Gasteiger partial charge >= 0.3 is 0 Å². The maximum Gasteiger partial charge on any atom is 0.277 e. The summed E-state index contributed by atoms with van der Waals surface area (Å²) in [5, 5.41) is 37.9. The molecule has 0 atom stereocenters. The summed E-state index contributed by atoms with van der Waals surface area (Å²) in [4.78, 5) is 11.1. The maximum atomic E-state index is 11.4. The number of non-ortho nitro benzene ring substituents is 1. The zero-order valence-corrected chi connectivity index (χ0v) is 13.1. The van der Waals surface area contributed by atoms with Gasteiger partial charge in [0.15, 0.2) is 11.3 Å². The number of nitrogens with zero attached hydrogens (tertiary/aromatic N) is 1. The Morgan fingerprint density at radius 1 is 0.769 bits per heavy atom. The lowest BCUT2D eigenvalue weighted by atomic mass is 9.90. The van der Waals surface area contributed by atoms with Crippen molar-refractivity contribution in [3.63, 3.8) is 0 Å². The highest BCUT2D eigenvalue weighted by molar-refractivity contribution is 6.34. The fraction of sp³-hybridized carbons (Fsp3) is 0. The van der Waals surface area contributed by atoms with E-state index in [0.717, 1.165) is 26.9 Å². The van der Waals surface area contributed by atoms with Gasteiger partial charge in [-0.1, -0.05) is 18.2 Å². The van der Waals surface area contributed by atoms with Crippen molar-refractivity contribution in [2.24, 2.45) is 0 Å². The molecule has 1 aromatic heterocycles. The average Bonchev–Trinajstić information content (AvgIpc) is 3.43. The molecule has 1 heterocycles. The Kier molecular flexibility index (Phi) is 2.10. The standard InChI is InChI=1S/C20H9NO5/c22-17-12-7-9-2-4-10-13(21(24)25)6-3-8-1-5-11(15(9)14(8)10)16(12)19-20(26-19)18(17)23/h1-7,22-23H. The predicted octanol–water partition coefficient (Wildman–Crippen LogP) is 5.24. The molecule has 26 heavy (non-hydrogen) atoms. The topological polar surface area (TPSA) is 96.7 Å². The minimum atomic E-state index is -0.376. The third-order valence-electron chi connectivity index (χ3n) is 5.25. The van der Waals surface area contributed by atoms with Crippen LogP contribution in [-0.4, -0.2) is 15.1 Å². The number of hydrogen-bond acceptors (Lipinski definition) is 5. The molecule has 124 valence electrons. The van der Waals surface area contributed by atoms with E-state index >= 15 is 0 Å². The van der Waals surface area contributed by atoms with Gasteiger partial charge in [-0.2, -0.15) is 0 Å². The molecule has 0 aliphatic heterocycles. The number of benzene rings is 5. The van der Waals surface area contributed by atoms with Gasteiger partial charge in [-0.25, -0.2) is 0 Å². The largest absolute Gasteiger partial charge is 0.504 e. The molecule has 0 saturated carbocycles.